The maximum absolute atomic E-state index is 14.3. The first-order valence-corrected chi connectivity index (χ1v) is 12.8. The number of rotatable bonds is 4. The minimum atomic E-state index is -1.09. The Labute approximate surface area is 224 Å². The second-order valence-corrected chi connectivity index (χ2v) is 10.1. The summed E-state index contributed by atoms with van der Waals surface area (Å²) in [6.45, 7) is 0. The number of nitrogens with zero attached hydrogens (tertiary/aromatic N) is 2. The third-order valence-electron chi connectivity index (χ3n) is 8.28. The van der Waals surface area contributed by atoms with Gasteiger partial charge in [0.25, 0.3) is 5.91 Å². The van der Waals surface area contributed by atoms with Gasteiger partial charge in [0.15, 0.2) is 0 Å². The number of imide groups is 1. The molecule has 3 aliphatic carbocycles. The number of carbonyl (C=O) groups excluding carboxylic acids is 3. The predicted molar refractivity (Wildman–Crippen MR) is 145 cm³/mol. The van der Waals surface area contributed by atoms with Gasteiger partial charge in [0.05, 0.1) is 28.5 Å². The summed E-state index contributed by atoms with van der Waals surface area (Å²) >= 11 is 0. The van der Waals surface area contributed by atoms with Gasteiger partial charge in [-0.15, -0.1) is 0 Å². The average Bonchev–Trinajstić information content (AvgIpc) is 3.24. The van der Waals surface area contributed by atoms with Crippen molar-refractivity contribution in [1.82, 2.24) is 5.43 Å². The lowest BCUT2D eigenvalue weighted by molar-refractivity contribution is -0.122. The number of para-hydroxylation sites is 2. The Hall–Kier alpha value is -5.04. The van der Waals surface area contributed by atoms with Crippen molar-refractivity contribution in [2.24, 2.45) is 16.9 Å². The molecule has 4 aromatic carbocycles. The second kappa shape index (κ2) is 8.49. The Bertz CT molecular complexity index is 1650. The van der Waals surface area contributed by atoms with Gasteiger partial charge >= 0.3 is 0 Å². The van der Waals surface area contributed by atoms with Crippen LogP contribution in [0, 0.1) is 11.8 Å². The maximum atomic E-state index is 14.3. The molecule has 39 heavy (non-hydrogen) atoms. The van der Waals surface area contributed by atoms with Crippen LogP contribution in [-0.2, 0) is 15.0 Å². The third kappa shape index (κ3) is 3.10. The van der Waals surface area contributed by atoms with Gasteiger partial charge in [-0.05, 0) is 46.5 Å². The van der Waals surface area contributed by atoms with Crippen LogP contribution in [0.15, 0.2) is 108 Å². The first-order chi connectivity index (χ1) is 19.0. The molecule has 0 radical (unpaired) electrons. The van der Waals surface area contributed by atoms with Crippen LogP contribution in [0.3, 0.4) is 0 Å². The van der Waals surface area contributed by atoms with Crippen LogP contribution < -0.4 is 10.3 Å². The Morgan fingerprint density at radius 3 is 2.05 bits per heavy atom. The zero-order valence-corrected chi connectivity index (χ0v) is 20.7. The van der Waals surface area contributed by atoms with Gasteiger partial charge < -0.3 is 5.11 Å². The van der Waals surface area contributed by atoms with Crippen molar-refractivity contribution in [3.8, 4) is 5.75 Å². The second-order valence-electron chi connectivity index (χ2n) is 10.1. The van der Waals surface area contributed by atoms with Gasteiger partial charge in [0, 0.05) is 12.1 Å². The van der Waals surface area contributed by atoms with E-state index >= 15 is 0 Å². The highest BCUT2D eigenvalue weighted by atomic mass is 16.3. The van der Waals surface area contributed by atoms with Gasteiger partial charge in [-0.25, -0.2) is 10.3 Å². The van der Waals surface area contributed by atoms with E-state index < -0.39 is 23.2 Å². The lowest BCUT2D eigenvalue weighted by Gasteiger charge is -2.52. The number of hydrazone groups is 1. The van der Waals surface area contributed by atoms with Crippen LogP contribution in [0.4, 0.5) is 5.69 Å². The molecule has 4 aromatic rings. The van der Waals surface area contributed by atoms with Gasteiger partial charge in [0.2, 0.25) is 11.8 Å². The smallest absolute Gasteiger partial charge is 0.275 e. The number of carbonyl (C=O) groups is 3. The van der Waals surface area contributed by atoms with E-state index in [9.17, 15) is 19.5 Å². The number of amides is 3. The van der Waals surface area contributed by atoms with E-state index in [0.29, 0.717) is 5.69 Å². The van der Waals surface area contributed by atoms with E-state index in [-0.39, 0.29) is 29.0 Å². The Balaban J connectivity index is 1.41. The van der Waals surface area contributed by atoms with Crippen molar-refractivity contribution in [2.75, 3.05) is 4.90 Å². The van der Waals surface area contributed by atoms with Crippen molar-refractivity contribution in [3.05, 3.63) is 131 Å². The monoisotopic (exact) mass is 513 g/mol. The summed E-state index contributed by atoms with van der Waals surface area (Å²) in [5.74, 6) is -2.91. The zero-order valence-electron chi connectivity index (χ0n) is 20.7. The van der Waals surface area contributed by atoms with Gasteiger partial charge in [-0.2, -0.15) is 5.10 Å². The van der Waals surface area contributed by atoms with Crippen molar-refractivity contribution >= 4 is 29.6 Å². The van der Waals surface area contributed by atoms with Gasteiger partial charge in [-0.3, -0.25) is 14.4 Å². The van der Waals surface area contributed by atoms with Crippen LogP contribution >= 0.6 is 0 Å². The molecule has 1 fully saturated rings. The molecule has 0 saturated carbocycles. The molecule has 2 atom stereocenters. The highest BCUT2D eigenvalue weighted by Crippen LogP contribution is 2.63. The predicted octanol–water partition coefficient (Wildman–Crippen LogP) is 4.36. The quantitative estimate of drug-likeness (QED) is 0.241. The first-order valence-electron chi connectivity index (χ1n) is 12.8. The molecule has 7 nitrogen and oxygen atoms in total. The number of phenols is 1. The van der Waals surface area contributed by atoms with Crippen molar-refractivity contribution in [2.45, 2.75) is 11.3 Å². The summed E-state index contributed by atoms with van der Waals surface area (Å²) in [6.07, 6.45) is 1.61. The number of aromatic hydroxyl groups is 1. The number of anilines is 1. The minimum absolute atomic E-state index is 0.0838. The molecule has 3 amide bonds. The summed E-state index contributed by atoms with van der Waals surface area (Å²) in [6, 6.07) is 30.9. The van der Waals surface area contributed by atoms with Crippen molar-refractivity contribution in [3.63, 3.8) is 0 Å². The fourth-order valence-corrected chi connectivity index (χ4v) is 6.80. The molecule has 8 rings (SSSR count). The highest BCUT2D eigenvalue weighted by molar-refractivity contribution is 6.25. The summed E-state index contributed by atoms with van der Waals surface area (Å²) in [5.41, 5.74) is 5.81. The van der Waals surface area contributed by atoms with Crippen LogP contribution in [0.25, 0.3) is 0 Å². The normalized spacial score (nSPS) is 24.4. The van der Waals surface area contributed by atoms with Crippen molar-refractivity contribution in [1.29, 1.82) is 0 Å². The van der Waals surface area contributed by atoms with Crippen LogP contribution in [0.2, 0.25) is 0 Å². The molecular formula is C32H23N3O4. The minimum Gasteiger partial charge on any atom is -0.507 e. The summed E-state index contributed by atoms with van der Waals surface area (Å²) in [4.78, 5) is 42.5. The van der Waals surface area contributed by atoms with E-state index in [1.54, 1.807) is 30.5 Å². The topological polar surface area (TPSA) is 99.1 Å². The van der Waals surface area contributed by atoms with Gasteiger partial charge in [0.1, 0.15) is 5.75 Å². The molecule has 0 spiro atoms. The molecule has 190 valence electrons. The summed E-state index contributed by atoms with van der Waals surface area (Å²) < 4.78 is 0. The molecule has 0 unspecified atom stereocenters. The SMILES string of the molecule is O=C(N/N=C\C12c3ccccc3C(c3ccccc31)[C@H]1C(=O)N(c3ccccc3)C(=O)[C@@H]12)c1ccccc1O. The maximum Gasteiger partial charge on any atom is 0.275 e. The molecule has 1 heterocycles. The van der Waals surface area contributed by atoms with E-state index in [1.807, 2.05) is 66.7 Å². The fourth-order valence-electron chi connectivity index (χ4n) is 6.80. The molecule has 2 N–H and O–H groups in total. The van der Waals surface area contributed by atoms with Gasteiger partial charge in [-0.1, -0.05) is 78.9 Å². The summed E-state index contributed by atoms with van der Waals surface area (Å²) in [5, 5.41) is 14.5. The number of phenolic OH excluding ortho intramolecular Hbond substituents is 1. The highest BCUT2D eigenvalue weighted by Gasteiger charge is 2.68. The lowest BCUT2D eigenvalue weighted by Crippen LogP contribution is -2.54. The van der Waals surface area contributed by atoms with Crippen LogP contribution in [0.1, 0.15) is 38.5 Å². The number of hydrogen-bond donors (Lipinski definition) is 2. The third-order valence-corrected chi connectivity index (χ3v) is 8.28. The lowest BCUT2D eigenvalue weighted by atomic mass is 9.47. The summed E-state index contributed by atoms with van der Waals surface area (Å²) in [7, 11) is 0. The number of nitrogens with one attached hydrogen (secondary N) is 1. The molecule has 0 aromatic heterocycles. The zero-order chi connectivity index (χ0) is 26.7. The molecule has 2 bridgehead atoms. The van der Waals surface area contributed by atoms with Crippen molar-refractivity contribution < 1.29 is 19.5 Å². The Morgan fingerprint density at radius 2 is 1.38 bits per heavy atom. The van der Waals surface area contributed by atoms with E-state index in [0.717, 1.165) is 22.3 Å². The first kappa shape index (κ1) is 23.1. The van der Waals surface area contributed by atoms with E-state index in [2.05, 4.69) is 10.5 Å². The largest absolute Gasteiger partial charge is 0.507 e. The van der Waals surface area contributed by atoms with Crippen LogP contribution in [0.5, 0.6) is 5.75 Å². The molecule has 4 aliphatic rings. The van der Waals surface area contributed by atoms with E-state index in [4.69, 9.17) is 0 Å². The standard InChI is InChI=1S/C32H23N3O4/c36-25-17-9-6-14-22(25)29(37)34-33-18-32-23-15-7-4-12-20(23)26(21-13-5-8-16-24(21)32)27-28(32)31(39)35(30(27)38)19-10-2-1-3-11-19/h1-18,26-28,36H,(H,34,37)/b33-18-/t26?,27-,28-,32?/m1/s1. The molecule has 1 saturated heterocycles. The number of hydrogen-bond acceptors (Lipinski definition) is 5. The van der Waals surface area contributed by atoms with Crippen LogP contribution in [-0.4, -0.2) is 29.0 Å². The number of benzene rings is 4. The fraction of sp³-hybridized carbons (Fsp3) is 0.125. The van der Waals surface area contributed by atoms with E-state index in [1.165, 1.54) is 17.0 Å². The Morgan fingerprint density at radius 1 is 0.795 bits per heavy atom. The molecule has 1 aliphatic heterocycles. The average molecular weight is 514 g/mol. The molecular weight excluding hydrogens is 490 g/mol. The Kier molecular flexibility index (Phi) is 5.03. The molecule has 7 heteroatoms.